The third kappa shape index (κ3) is 4.23. The van der Waals surface area contributed by atoms with E-state index in [1.807, 2.05) is 17.5 Å². The van der Waals surface area contributed by atoms with Crippen molar-refractivity contribution in [3.63, 3.8) is 0 Å². The standard InChI is InChI=1S/C16H19N3O5S/c20-12(17-10-16(15(21)22)5-7-23-8-6-16)3-4-13-18-14(19-24-13)11-2-1-9-25-11/h1-2,9H,3-8,10H2,(H,17,20)(H,21,22). The third-order valence-electron chi connectivity index (χ3n) is 4.30. The molecule has 1 fully saturated rings. The Kier molecular flexibility index (Phi) is 5.44. The molecule has 134 valence electrons. The number of nitrogens with one attached hydrogen (secondary N) is 1. The van der Waals surface area contributed by atoms with E-state index in [-0.39, 0.29) is 18.9 Å². The van der Waals surface area contributed by atoms with Gasteiger partial charge in [0.25, 0.3) is 0 Å². The molecule has 0 unspecified atom stereocenters. The number of aryl methyl sites for hydroxylation is 1. The van der Waals surface area contributed by atoms with Gasteiger partial charge in [0.05, 0.1) is 10.3 Å². The maximum Gasteiger partial charge on any atom is 0.311 e. The second-order valence-corrected chi connectivity index (χ2v) is 6.91. The van der Waals surface area contributed by atoms with Crippen LogP contribution >= 0.6 is 11.3 Å². The summed E-state index contributed by atoms with van der Waals surface area (Å²) in [6.45, 7) is 0.903. The van der Waals surface area contributed by atoms with E-state index >= 15 is 0 Å². The van der Waals surface area contributed by atoms with Gasteiger partial charge in [-0.25, -0.2) is 0 Å². The zero-order valence-electron chi connectivity index (χ0n) is 13.6. The van der Waals surface area contributed by atoms with Crippen LogP contribution in [0.2, 0.25) is 0 Å². The van der Waals surface area contributed by atoms with E-state index in [1.165, 1.54) is 11.3 Å². The van der Waals surface area contributed by atoms with Gasteiger partial charge in [0.1, 0.15) is 0 Å². The molecule has 0 spiro atoms. The molecule has 0 aliphatic carbocycles. The summed E-state index contributed by atoms with van der Waals surface area (Å²) in [7, 11) is 0. The van der Waals surface area contributed by atoms with Crippen LogP contribution < -0.4 is 5.32 Å². The molecule has 25 heavy (non-hydrogen) atoms. The summed E-state index contributed by atoms with van der Waals surface area (Å²) in [5.41, 5.74) is -0.940. The van der Waals surface area contributed by atoms with Crippen molar-refractivity contribution in [3.8, 4) is 10.7 Å². The monoisotopic (exact) mass is 365 g/mol. The molecule has 3 heterocycles. The fourth-order valence-corrected chi connectivity index (χ4v) is 3.32. The zero-order valence-corrected chi connectivity index (χ0v) is 14.4. The number of nitrogens with zero attached hydrogens (tertiary/aromatic N) is 2. The van der Waals surface area contributed by atoms with Gasteiger partial charge in [-0.2, -0.15) is 4.98 Å². The highest BCUT2D eigenvalue weighted by Crippen LogP contribution is 2.30. The lowest BCUT2D eigenvalue weighted by Gasteiger charge is -2.33. The Labute approximate surface area is 148 Å². The fourth-order valence-electron chi connectivity index (χ4n) is 2.67. The van der Waals surface area contributed by atoms with Crippen molar-refractivity contribution < 1.29 is 24.0 Å². The number of thiophene rings is 1. The predicted octanol–water partition coefficient (Wildman–Crippen LogP) is 1.73. The van der Waals surface area contributed by atoms with Crippen LogP contribution in [0, 0.1) is 5.41 Å². The minimum Gasteiger partial charge on any atom is -0.481 e. The summed E-state index contributed by atoms with van der Waals surface area (Å²) in [6, 6.07) is 3.79. The van der Waals surface area contributed by atoms with Crippen LogP contribution in [0.5, 0.6) is 0 Å². The summed E-state index contributed by atoms with van der Waals surface area (Å²) >= 11 is 1.51. The third-order valence-corrected chi connectivity index (χ3v) is 5.17. The van der Waals surface area contributed by atoms with Gasteiger partial charge in [0, 0.05) is 32.6 Å². The first kappa shape index (κ1) is 17.6. The van der Waals surface area contributed by atoms with Gasteiger partial charge in [-0.15, -0.1) is 11.3 Å². The molecule has 1 amide bonds. The van der Waals surface area contributed by atoms with Crippen molar-refractivity contribution in [2.45, 2.75) is 25.7 Å². The number of amides is 1. The second kappa shape index (κ2) is 7.75. The second-order valence-electron chi connectivity index (χ2n) is 5.96. The molecule has 0 bridgehead atoms. The van der Waals surface area contributed by atoms with Gasteiger partial charge in [-0.3, -0.25) is 9.59 Å². The number of aliphatic carboxylic acids is 1. The Morgan fingerprint density at radius 1 is 1.36 bits per heavy atom. The molecule has 9 heteroatoms. The maximum atomic E-state index is 12.0. The number of carboxylic acid groups (broad SMARTS) is 1. The van der Waals surface area contributed by atoms with E-state index in [9.17, 15) is 14.7 Å². The van der Waals surface area contributed by atoms with Gasteiger partial charge >= 0.3 is 5.97 Å². The Hall–Kier alpha value is -2.26. The quantitative estimate of drug-likeness (QED) is 0.768. The van der Waals surface area contributed by atoms with Gasteiger partial charge in [0.2, 0.25) is 17.6 Å². The number of ether oxygens (including phenoxy) is 1. The molecule has 0 radical (unpaired) electrons. The van der Waals surface area contributed by atoms with Crippen molar-refractivity contribution in [2.75, 3.05) is 19.8 Å². The summed E-state index contributed by atoms with van der Waals surface area (Å²) in [5.74, 6) is -0.230. The number of carboxylic acids is 1. The Morgan fingerprint density at radius 3 is 2.84 bits per heavy atom. The molecule has 2 aromatic heterocycles. The number of rotatable bonds is 7. The van der Waals surface area contributed by atoms with Crippen LogP contribution in [-0.4, -0.2) is 46.9 Å². The Balaban J connectivity index is 1.49. The molecule has 8 nitrogen and oxygen atoms in total. The molecule has 0 saturated carbocycles. The van der Waals surface area contributed by atoms with Crippen LogP contribution in [0.25, 0.3) is 10.7 Å². The molecule has 0 aromatic carbocycles. The van der Waals surface area contributed by atoms with Crippen LogP contribution in [0.15, 0.2) is 22.0 Å². The lowest BCUT2D eigenvalue weighted by molar-refractivity contribution is -0.154. The van der Waals surface area contributed by atoms with Crippen molar-refractivity contribution in [1.82, 2.24) is 15.5 Å². The topological polar surface area (TPSA) is 115 Å². The summed E-state index contributed by atoms with van der Waals surface area (Å²) < 4.78 is 10.4. The SMILES string of the molecule is O=C(CCc1nc(-c2cccs2)no1)NCC1(C(=O)O)CCOCC1. The highest BCUT2D eigenvalue weighted by atomic mass is 32.1. The maximum absolute atomic E-state index is 12.0. The minimum atomic E-state index is -0.940. The molecule has 0 atom stereocenters. The van der Waals surface area contributed by atoms with Gasteiger partial charge in [-0.05, 0) is 24.3 Å². The first-order valence-electron chi connectivity index (χ1n) is 8.03. The fraction of sp³-hybridized carbons (Fsp3) is 0.500. The van der Waals surface area contributed by atoms with E-state index < -0.39 is 11.4 Å². The molecular formula is C16H19N3O5S. The summed E-state index contributed by atoms with van der Waals surface area (Å²) in [4.78, 5) is 28.7. The molecule has 3 rings (SSSR count). The predicted molar refractivity (Wildman–Crippen MR) is 89.1 cm³/mol. The van der Waals surface area contributed by atoms with Crippen LogP contribution in [-0.2, 0) is 20.7 Å². The van der Waals surface area contributed by atoms with Gasteiger partial charge in [-0.1, -0.05) is 11.2 Å². The number of carbonyl (C=O) groups excluding carboxylic acids is 1. The van der Waals surface area contributed by atoms with Crippen LogP contribution in [0.1, 0.15) is 25.2 Å². The largest absolute Gasteiger partial charge is 0.481 e. The molecule has 2 aromatic rings. The number of carbonyl (C=O) groups is 2. The van der Waals surface area contributed by atoms with Gasteiger partial charge in [0.15, 0.2) is 0 Å². The van der Waals surface area contributed by atoms with E-state index in [1.54, 1.807) is 0 Å². The summed E-state index contributed by atoms with van der Waals surface area (Å²) in [6.07, 6.45) is 1.28. The molecular weight excluding hydrogens is 346 g/mol. The van der Waals surface area contributed by atoms with Crippen molar-refractivity contribution in [3.05, 3.63) is 23.4 Å². The van der Waals surface area contributed by atoms with Crippen molar-refractivity contribution in [2.24, 2.45) is 5.41 Å². The Bertz CT molecular complexity index is 722. The zero-order chi connectivity index (χ0) is 17.7. The van der Waals surface area contributed by atoms with E-state index in [2.05, 4.69) is 15.5 Å². The molecule has 1 saturated heterocycles. The van der Waals surface area contributed by atoms with Crippen LogP contribution in [0.3, 0.4) is 0 Å². The highest BCUT2D eigenvalue weighted by molar-refractivity contribution is 7.13. The van der Waals surface area contributed by atoms with E-state index in [0.717, 1.165) is 4.88 Å². The minimum absolute atomic E-state index is 0.106. The number of aromatic nitrogens is 2. The molecule has 1 aliphatic rings. The Morgan fingerprint density at radius 2 is 2.16 bits per heavy atom. The smallest absolute Gasteiger partial charge is 0.311 e. The van der Waals surface area contributed by atoms with Crippen molar-refractivity contribution in [1.29, 1.82) is 0 Å². The first-order chi connectivity index (χ1) is 12.1. The van der Waals surface area contributed by atoms with Crippen LogP contribution in [0.4, 0.5) is 0 Å². The average molecular weight is 365 g/mol. The first-order valence-corrected chi connectivity index (χ1v) is 8.91. The van der Waals surface area contributed by atoms with E-state index in [4.69, 9.17) is 9.26 Å². The highest BCUT2D eigenvalue weighted by Gasteiger charge is 2.40. The van der Waals surface area contributed by atoms with Crippen molar-refractivity contribution >= 4 is 23.2 Å². The summed E-state index contributed by atoms with van der Waals surface area (Å²) in [5, 5.41) is 18.0. The average Bonchev–Trinajstić information content (AvgIpc) is 3.30. The van der Waals surface area contributed by atoms with Gasteiger partial charge < -0.3 is 19.7 Å². The normalized spacial score (nSPS) is 16.5. The van der Waals surface area contributed by atoms with E-state index in [0.29, 0.717) is 44.2 Å². The molecule has 2 N–H and O–H groups in total. The lowest BCUT2D eigenvalue weighted by Crippen LogP contribution is -2.46. The number of hydrogen-bond donors (Lipinski definition) is 2. The number of hydrogen-bond acceptors (Lipinski definition) is 7. The molecule has 1 aliphatic heterocycles. The lowest BCUT2D eigenvalue weighted by atomic mass is 9.80.